The summed E-state index contributed by atoms with van der Waals surface area (Å²) >= 11 is 3.38. The van der Waals surface area contributed by atoms with Crippen LogP contribution in [0.25, 0.3) is 11.1 Å². The normalized spacial score (nSPS) is 10.6. The molecule has 6 heteroatoms. The van der Waals surface area contributed by atoms with Crippen LogP contribution in [0.3, 0.4) is 0 Å². The first kappa shape index (κ1) is 14.6. The highest BCUT2D eigenvalue weighted by molar-refractivity contribution is 9.10. The second kappa shape index (κ2) is 6.62. The van der Waals surface area contributed by atoms with Crippen LogP contribution in [0.5, 0.6) is 0 Å². The number of hydrogen-bond acceptors (Lipinski definition) is 4. The van der Waals surface area contributed by atoms with Gasteiger partial charge in [-0.15, -0.1) is 0 Å². The number of nitrogens with one attached hydrogen (secondary N) is 1. The maximum Gasteiger partial charge on any atom is 0.407 e. The molecule has 0 unspecified atom stereocenters. The summed E-state index contributed by atoms with van der Waals surface area (Å²) < 4.78 is 11.6. The van der Waals surface area contributed by atoms with Gasteiger partial charge in [0.1, 0.15) is 12.1 Å². The van der Waals surface area contributed by atoms with E-state index in [4.69, 9.17) is 9.15 Å². The first-order chi connectivity index (χ1) is 10.7. The first-order valence-corrected chi connectivity index (χ1v) is 7.49. The van der Waals surface area contributed by atoms with E-state index in [-0.39, 0.29) is 13.2 Å². The predicted octanol–water partition coefficient (Wildman–Crippen LogP) is 4.02. The van der Waals surface area contributed by atoms with E-state index in [9.17, 15) is 4.79 Å². The number of fused-ring (bicyclic) bond motifs is 1. The van der Waals surface area contributed by atoms with Gasteiger partial charge in [0.25, 0.3) is 0 Å². The van der Waals surface area contributed by atoms with Crippen LogP contribution in [0.2, 0.25) is 0 Å². The highest BCUT2D eigenvalue weighted by Crippen LogP contribution is 2.20. The zero-order chi connectivity index (χ0) is 15.4. The summed E-state index contributed by atoms with van der Waals surface area (Å²) in [5.41, 5.74) is 2.35. The van der Waals surface area contributed by atoms with Gasteiger partial charge >= 0.3 is 6.09 Å². The molecule has 0 aliphatic carbocycles. The third-order valence-electron chi connectivity index (χ3n) is 2.99. The minimum absolute atomic E-state index is 0.180. The van der Waals surface area contributed by atoms with Crippen LogP contribution in [0.4, 0.5) is 4.79 Å². The molecule has 0 spiro atoms. The van der Waals surface area contributed by atoms with Gasteiger partial charge < -0.3 is 14.5 Å². The summed E-state index contributed by atoms with van der Waals surface area (Å²) in [7, 11) is 0. The molecule has 0 aliphatic rings. The SMILES string of the molecule is O=C(NCc1nc2cc(Br)ccc2o1)OCc1ccccc1. The third-order valence-corrected chi connectivity index (χ3v) is 3.48. The molecule has 1 heterocycles. The van der Waals surface area contributed by atoms with Crippen LogP contribution < -0.4 is 5.32 Å². The highest BCUT2D eigenvalue weighted by atomic mass is 79.9. The number of nitrogens with zero attached hydrogens (tertiary/aromatic N) is 1. The van der Waals surface area contributed by atoms with Gasteiger partial charge in [0.15, 0.2) is 5.58 Å². The van der Waals surface area contributed by atoms with Crippen molar-refractivity contribution in [2.45, 2.75) is 13.2 Å². The van der Waals surface area contributed by atoms with Crippen LogP contribution in [-0.4, -0.2) is 11.1 Å². The number of ether oxygens (including phenoxy) is 1. The number of amides is 1. The topological polar surface area (TPSA) is 64.4 Å². The zero-order valence-electron chi connectivity index (χ0n) is 11.6. The van der Waals surface area contributed by atoms with Crippen molar-refractivity contribution < 1.29 is 13.9 Å². The molecule has 5 nitrogen and oxygen atoms in total. The zero-order valence-corrected chi connectivity index (χ0v) is 13.2. The molecule has 112 valence electrons. The lowest BCUT2D eigenvalue weighted by Crippen LogP contribution is -2.23. The van der Waals surface area contributed by atoms with E-state index < -0.39 is 6.09 Å². The number of alkyl carbamates (subject to hydrolysis) is 1. The quantitative estimate of drug-likeness (QED) is 0.763. The Balaban J connectivity index is 1.53. The molecule has 1 amide bonds. The Morgan fingerprint density at radius 1 is 1.23 bits per heavy atom. The fourth-order valence-electron chi connectivity index (χ4n) is 1.95. The fraction of sp³-hybridized carbons (Fsp3) is 0.125. The van der Waals surface area contributed by atoms with Crippen molar-refractivity contribution in [3.63, 3.8) is 0 Å². The van der Waals surface area contributed by atoms with Crippen molar-refractivity contribution in [1.29, 1.82) is 0 Å². The molecule has 1 aromatic heterocycles. The van der Waals surface area contributed by atoms with Gasteiger partial charge in [-0.05, 0) is 23.8 Å². The Morgan fingerprint density at radius 2 is 2.05 bits per heavy atom. The molecule has 3 aromatic rings. The molecular formula is C16H13BrN2O3. The maximum absolute atomic E-state index is 11.6. The van der Waals surface area contributed by atoms with Gasteiger partial charge in [0, 0.05) is 4.47 Å². The molecule has 0 saturated carbocycles. The lowest BCUT2D eigenvalue weighted by atomic mass is 10.2. The van der Waals surface area contributed by atoms with E-state index in [0.717, 1.165) is 15.6 Å². The summed E-state index contributed by atoms with van der Waals surface area (Å²) in [5, 5.41) is 2.62. The summed E-state index contributed by atoms with van der Waals surface area (Å²) in [4.78, 5) is 15.9. The van der Waals surface area contributed by atoms with E-state index in [1.165, 1.54) is 0 Å². The number of halogens is 1. The van der Waals surface area contributed by atoms with Crippen LogP contribution in [0.15, 0.2) is 57.4 Å². The molecule has 0 aliphatic heterocycles. The number of benzene rings is 2. The molecule has 0 bridgehead atoms. The Labute approximate surface area is 135 Å². The largest absolute Gasteiger partial charge is 0.445 e. The lowest BCUT2D eigenvalue weighted by Gasteiger charge is -2.05. The summed E-state index contributed by atoms with van der Waals surface area (Å²) in [6, 6.07) is 15.0. The second-order valence-corrected chi connectivity index (χ2v) is 5.55. The van der Waals surface area contributed by atoms with E-state index in [0.29, 0.717) is 11.5 Å². The van der Waals surface area contributed by atoms with Crippen molar-refractivity contribution in [1.82, 2.24) is 10.3 Å². The molecular weight excluding hydrogens is 348 g/mol. The standard InChI is InChI=1S/C16H13BrN2O3/c17-12-6-7-14-13(8-12)19-15(22-14)9-18-16(20)21-10-11-4-2-1-3-5-11/h1-8H,9-10H2,(H,18,20). The fourth-order valence-corrected chi connectivity index (χ4v) is 2.29. The highest BCUT2D eigenvalue weighted by Gasteiger charge is 2.08. The number of carbonyl (C=O) groups is 1. The lowest BCUT2D eigenvalue weighted by molar-refractivity contribution is 0.138. The van der Waals surface area contributed by atoms with Crippen molar-refractivity contribution in [3.05, 3.63) is 64.5 Å². The number of hydrogen-bond donors (Lipinski definition) is 1. The van der Waals surface area contributed by atoms with E-state index in [2.05, 4.69) is 26.2 Å². The van der Waals surface area contributed by atoms with Gasteiger partial charge in [-0.1, -0.05) is 46.3 Å². The van der Waals surface area contributed by atoms with Gasteiger partial charge in [0.2, 0.25) is 5.89 Å². The number of carbonyl (C=O) groups excluding carboxylic acids is 1. The molecule has 0 fully saturated rings. The van der Waals surface area contributed by atoms with Crippen LogP contribution in [-0.2, 0) is 17.9 Å². The summed E-state index contributed by atoms with van der Waals surface area (Å²) in [5.74, 6) is 0.435. The maximum atomic E-state index is 11.6. The summed E-state index contributed by atoms with van der Waals surface area (Å²) in [6.45, 7) is 0.410. The van der Waals surface area contributed by atoms with Crippen molar-refractivity contribution in [2.75, 3.05) is 0 Å². The molecule has 0 radical (unpaired) electrons. The molecule has 0 atom stereocenters. The molecule has 0 saturated heterocycles. The monoisotopic (exact) mass is 360 g/mol. The van der Waals surface area contributed by atoms with Gasteiger partial charge in [-0.3, -0.25) is 0 Å². The van der Waals surface area contributed by atoms with E-state index in [1.54, 1.807) is 0 Å². The smallest absolute Gasteiger partial charge is 0.407 e. The Bertz CT molecular complexity index is 786. The average Bonchev–Trinajstić information content (AvgIpc) is 2.94. The minimum Gasteiger partial charge on any atom is -0.445 e. The van der Waals surface area contributed by atoms with Crippen LogP contribution in [0, 0.1) is 0 Å². The van der Waals surface area contributed by atoms with Gasteiger partial charge in [-0.2, -0.15) is 0 Å². The molecule has 1 N–H and O–H groups in total. The Hall–Kier alpha value is -2.34. The first-order valence-electron chi connectivity index (χ1n) is 6.70. The van der Waals surface area contributed by atoms with Crippen molar-refractivity contribution in [2.24, 2.45) is 0 Å². The van der Waals surface area contributed by atoms with Crippen molar-refractivity contribution in [3.8, 4) is 0 Å². The average molecular weight is 361 g/mol. The summed E-state index contributed by atoms with van der Waals surface area (Å²) in [6.07, 6.45) is -0.507. The number of aromatic nitrogens is 1. The third kappa shape index (κ3) is 3.65. The Morgan fingerprint density at radius 3 is 2.86 bits per heavy atom. The van der Waals surface area contributed by atoms with Crippen LogP contribution >= 0.6 is 15.9 Å². The van der Waals surface area contributed by atoms with Crippen LogP contribution in [0.1, 0.15) is 11.5 Å². The number of oxazole rings is 1. The van der Waals surface area contributed by atoms with E-state index in [1.807, 2.05) is 48.5 Å². The number of rotatable bonds is 4. The van der Waals surface area contributed by atoms with Crippen molar-refractivity contribution >= 4 is 33.1 Å². The second-order valence-electron chi connectivity index (χ2n) is 4.63. The minimum atomic E-state index is -0.507. The molecule has 2 aromatic carbocycles. The molecule has 3 rings (SSSR count). The van der Waals surface area contributed by atoms with Gasteiger partial charge in [0.05, 0.1) is 6.54 Å². The Kier molecular flexibility index (Phi) is 4.39. The van der Waals surface area contributed by atoms with Gasteiger partial charge in [-0.25, -0.2) is 9.78 Å². The predicted molar refractivity (Wildman–Crippen MR) is 85.2 cm³/mol. The molecule has 22 heavy (non-hydrogen) atoms. The van der Waals surface area contributed by atoms with E-state index >= 15 is 0 Å².